The first-order valence-electron chi connectivity index (χ1n) is 7.89. The molecule has 0 atom stereocenters. The molecule has 1 aliphatic rings. The highest BCUT2D eigenvalue weighted by Crippen LogP contribution is 2.26. The summed E-state index contributed by atoms with van der Waals surface area (Å²) in [5, 5.41) is 3.34. The van der Waals surface area contributed by atoms with E-state index in [1.54, 1.807) is 19.0 Å². The van der Waals surface area contributed by atoms with Crippen LogP contribution in [0, 0.1) is 0 Å². The van der Waals surface area contributed by atoms with Crippen molar-refractivity contribution in [1.82, 2.24) is 9.80 Å². The van der Waals surface area contributed by atoms with Crippen molar-refractivity contribution in [3.63, 3.8) is 0 Å². The zero-order valence-electron chi connectivity index (χ0n) is 14.1. The second kappa shape index (κ2) is 8.77. The number of amides is 2. The van der Waals surface area contributed by atoms with E-state index in [1.807, 2.05) is 25.1 Å². The van der Waals surface area contributed by atoms with Crippen LogP contribution < -0.4 is 5.32 Å². The summed E-state index contributed by atoms with van der Waals surface area (Å²) in [6.07, 6.45) is 2.77. The first-order valence-corrected chi connectivity index (χ1v) is 7.89. The van der Waals surface area contributed by atoms with Crippen molar-refractivity contribution >= 4 is 29.9 Å². The number of fused-ring (bicyclic) bond motifs is 1. The van der Waals surface area contributed by atoms with Gasteiger partial charge in [0.25, 0.3) is 5.91 Å². The first kappa shape index (κ1) is 19.3. The van der Waals surface area contributed by atoms with E-state index in [4.69, 9.17) is 0 Å². The van der Waals surface area contributed by atoms with Crippen LogP contribution in [0.3, 0.4) is 0 Å². The highest BCUT2D eigenvalue weighted by Gasteiger charge is 2.23. The van der Waals surface area contributed by atoms with Crippen LogP contribution in [-0.4, -0.2) is 55.3 Å². The van der Waals surface area contributed by atoms with Gasteiger partial charge in [-0.3, -0.25) is 9.59 Å². The predicted octanol–water partition coefficient (Wildman–Crippen LogP) is 2.41. The summed E-state index contributed by atoms with van der Waals surface area (Å²) in [5.41, 5.74) is 2.86. The van der Waals surface area contributed by atoms with Crippen molar-refractivity contribution in [2.24, 2.45) is 0 Å². The van der Waals surface area contributed by atoms with Crippen molar-refractivity contribution in [3.05, 3.63) is 29.3 Å². The third-order valence-corrected chi connectivity index (χ3v) is 3.93. The number of hydrogen-bond acceptors (Lipinski definition) is 3. The lowest BCUT2D eigenvalue weighted by molar-refractivity contribution is -0.129. The molecule has 0 saturated carbocycles. The van der Waals surface area contributed by atoms with E-state index in [0.29, 0.717) is 6.54 Å². The fraction of sp³-hybridized carbons (Fsp3) is 0.529. The molecule has 0 aromatic heterocycles. The molecule has 2 rings (SSSR count). The van der Waals surface area contributed by atoms with Gasteiger partial charge in [0.2, 0.25) is 5.91 Å². The van der Waals surface area contributed by atoms with Crippen molar-refractivity contribution < 1.29 is 9.59 Å². The molecule has 0 saturated heterocycles. The molecular weight excluding hydrogens is 314 g/mol. The van der Waals surface area contributed by atoms with Gasteiger partial charge in [0.1, 0.15) is 6.54 Å². The Balaban J connectivity index is 0.00000264. The number of benzene rings is 1. The summed E-state index contributed by atoms with van der Waals surface area (Å²) in [5.74, 6) is -0.0951. The molecular formula is C17H26ClN3O2. The second-order valence-electron chi connectivity index (χ2n) is 5.88. The minimum Gasteiger partial charge on any atom is -0.385 e. The highest BCUT2D eigenvalue weighted by atomic mass is 35.5. The minimum absolute atomic E-state index is 0. The van der Waals surface area contributed by atoms with Gasteiger partial charge in [0.05, 0.1) is 0 Å². The summed E-state index contributed by atoms with van der Waals surface area (Å²) in [6.45, 7) is 3.69. The number of likely N-dealkylation sites (N-methyl/N-ethyl adjacent to an activating group) is 1. The predicted molar refractivity (Wildman–Crippen MR) is 95.4 cm³/mol. The van der Waals surface area contributed by atoms with Crippen molar-refractivity contribution in [3.8, 4) is 0 Å². The molecule has 1 aromatic carbocycles. The van der Waals surface area contributed by atoms with Gasteiger partial charge in [-0.05, 0) is 37.0 Å². The van der Waals surface area contributed by atoms with Crippen molar-refractivity contribution in [1.29, 1.82) is 0 Å². The highest BCUT2D eigenvalue weighted by molar-refractivity contribution is 5.99. The number of carbonyl (C=O) groups is 2. The molecule has 1 aliphatic heterocycles. The lowest BCUT2D eigenvalue weighted by Crippen LogP contribution is -2.41. The number of anilines is 1. The Morgan fingerprint density at radius 2 is 2.00 bits per heavy atom. The monoisotopic (exact) mass is 339 g/mol. The zero-order valence-corrected chi connectivity index (χ0v) is 14.9. The Kier molecular flexibility index (Phi) is 7.36. The molecule has 1 heterocycles. The standard InChI is InChI=1S/C17H25N3O2.ClH/c1-4-11-20(12-16(21)19(2)3)17(22)14-7-5-9-15-13(14)8-6-10-18-15;/h5,7,9,18H,4,6,8,10-12H2,1-3H3;1H. The van der Waals surface area contributed by atoms with Crippen LogP contribution in [0.2, 0.25) is 0 Å². The lowest BCUT2D eigenvalue weighted by Gasteiger charge is -2.26. The largest absolute Gasteiger partial charge is 0.385 e. The molecule has 0 fully saturated rings. The Morgan fingerprint density at radius 3 is 2.65 bits per heavy atom. The molecule has 128 valence electrons. The second-order valence-corrected chi connectivity index (χ2v) is 5.88. The number of hydrogen-bond donors (Lipinski definition) is 1. The normalized spacial score (nSPS) is 12.5. The van der Waals surface area contributed by atoms with Crippen molar-refractivity contribution in [2.75, 3.05) is 39.0 Å². The number of halogens is 1. The van der Waals surface area contributed by atoms with Crippen LogP contribution in [0.4, 0.5) is 5.69 Å². The van der Waals surface area contributed by atoms with Crippen LogP contribution in [0.15, 0.2) is 18.2 Å². The molecule has 23 heavy (non-hydrogen) atoms. The molecule has 6 heteroatoms. The van der Waals surface area contributed by atoms with E-state index >= 15 is 0 Å². The zero-order chi connectivity index (χ0) is 16.1. The molecule has 0 bridgehead atoms. The van der Waals surface area contributed by atoms with Crippen LogP contribution >= 0.6 is 12.4 Å². The number of rotatable bonds is 5. The van der Waals surface area contributed by atoms with Gasteiger partial charge in [-0.1, -0.05) is 13.0 Å². The fourth-order valence-electron chi connectivity index (χ4n) is 2.71. The van der Waals surface area contributed by atoms with E-state index in [9.17, 15) is 9.59 Å². The molecule has 0 spiro atoms. The Labute approximate surface area is 144 Å². The molecule has 2 amide bonds. The van der Waals surface area contributed by atoms with Gasteiger partial charge in [-0.2, -0.15) is 0 Å². The van der Waals surface area contributed by atoms with Crippen LogP contribution in [0.25, 0.3) is 0 Å². The number of carbonyl (C=O) groups excluding carboxylic acids is 2. The number of nitrogens with zero attached hydrogens (tertiary/aromatic N) is 2. The summed E-state index contributed by atoms with van der Waals surface area (Å²) in [4.78, 5) is 28.0. The molecule has 5 nitrogen and oxygen atoms in total. The Hall–Kier alpha value is -1.75. The van der Waals surface area contributed by atoms with Gasteiger partial charge in [-0.15, -0.1) is 12.4 Å². The average molecular weight is 340 g/mol. The van der Waals surface area contributed by atoms with Gasteiger partial charge >= 0.3 is 0 Å². The maximum absolute atomic E-state index is 12.9. The molecule has 1 aromatic rings. The summed E-state index contributed by atoms with van der Waals surface area (Å²) in [6, 6.07) is 5.79. The maximum Gasteiger partial charge on any atom is 0.254 e. The average Bonchev–Trinajstić information content (AvgIpc) is 2.53. The fourth-order valence-corrected chi connectivity index (χ4v) is 2.71. The maximum atomic E-state index is 12.9. The summed E-state index contributed by atoms with van der Waals surface area (Å²) >= 11 is 0. The number of nitrogens with one attached hydrogen (secondary N) is 1. The molecule has 0 aliphatic carbocycles. The minimum atomic E-state index is -0.0512. The lowest BCUT2D eigenvalue weighted by atomic mass is 9.96. The van der Waals surface area contributed by atoms with Crippen LogP contribution in [-0.2, 0) is 11.2 Å². The van der Waals surface area contributed by atoms with E-state index in [1.165, 1.54) is 4.90 Å². The van der Waals surface area contributed by atoms with Gasteiger partial charge in [-0.25, -0.2) is 0 Å². The third-order valence-electron chi connectivity index (χ3n) is 3.93. The summed E-state index contributed by atoms with van der Waals surface area (Å²) < 4.78 is 0. The van der Waals surface area contributed by atoms with Gasteiger partial charge < -0.3 is 15.1 Å². The SMILES string of the molecule is CCCN(CC(=O)N(C)C)C(=O)c1cccc2c1CCCN2.Cl. The first-order chi connectivity index (χ1) is 10.5. The Morgan fingerprint density at radius 1 is 1.26 bits per heavy atom. The van der Waals surface area contributed by atoms with Crippen molar-refractivity contribution in [2.45, 2.75) is 26.2 Å². The topological polar surface area (TPSA) is 52.7 Å². The smallest absolute Gasteiger partial charge is 0.254 e. The van der Waals surface area contributed by atoms with E-state index in [-0.39, 0.29) is 30.8 Å². The quantitative estimate of drug-likeness (QED) is 0.896. The molecule has 0 radical (unpaired) electrons. The van der Waals surface area contributed by atoms with E-state index in [2.05, 4.69) is 5.32 Å². The van der Waals surface area contributed by atoms with Crippen LogP contribution in [0.1, 0.15) is 35.7 Å². The Bertz CT molecular complexity index is 561. The van der Waals surface area contributed by atoms with Crippen LogP contribution in [0.5, 0.6) is 0 Å². The molecule has 1 N–H and O–H groups in total. The van der Waals surface area contributed by atoms with Gasteiger partial charge in [0, 0.05) is 38.4 Å². The van der Waals surface area contributed by atoms with Gasteiger partial charge in [0.15, 0.2) is 0 Å². The summed E-state index contributed by atoms with van der Waals surface area (Å²) in [7, 11) is 3.43. The van der Waals surface area contributed by atoms with E-state index < -0.39 is 0 Å². The molecule has 0 unspecified atom stereocenters. The van der Waals surface area contributed by atoms with E-state index in [0.717, 1.165) is 42.6 Å². The third kappa shape index (κ3) is 4.61.